The number of thiophene rings is 1. The summed E-state index contributed by atoms with van der Waals surface area (Å²) in [4.78, 5) is 20.5. The maximum atomic E-state index is 5.32. The molecule has 3 aromatic heterocycles. The molecule has 0 aliphatic rings. The molecule has 11 rings (SSSR count). The van der Waals surface area contributed by atoms with Crippen LogP contribution in [0.5, 0.6) is 0 Å². The molecule has 4 nitrogen and oxygen atoms in total. The maximum Gasteiger partial charge on any atom is 0.164 e. The minimum absolute atomic E-state index is 0.625. The monoisotopic (exact) mass is 744 g/mol. The van der Waals surface area contributed by atoms with Crippen LogP contribution < -0.4 is 0 Å². The molecule has 0 N–H and O–H groups in total. The molecule has 0 saturated carbocycles. The van der Waals surface area contributed by atoms with E-state index in [1.165, 1.54) is 31.1 Å². The van der Waals surface area contributed by atoms with Gasteiger partial charge in [0.25, 0.3) is 0 Å². The average Bonchev–Trinajstić information content (AvgIpc) is 3.68. The molecule has 57 heavy (non-hydrogen) atoms. The number of fused-ring (bicyclic) bond motifs is 7. The highest BCUT2D eigenvalue weighted by atomic mass is 32.1. The minimum atomic E-state index is 0.625. The zero-order valence-corrected chi connectivity index (χ0v) is 31.5. The Bertz CT molecular complexity index is 3270. The molecule has 0 radical (unpaired) electrons. The van der Waals surface area contributed by atoms with Crippen molar-refractivity contribution in [3.05, 3.63) is 194 Å². The minimum Gasteiger partial charge on any atom is -0.247 e. The van der Waals surface area contributed by atoms with Crippen LogP contribution >= 0.6 is 11.3 Å². The lowest BCUT2D eigenvalue weighted by Gasteiger charge is -2.13. The second kappa shape index (κ2) is 13.7. The summed E-state index contributed by atoms with van der Waals surface area (Å²) in [5, 5.41) is 6.08. The van der Waals surface area contributed by atoms with Gasteiger partial charge < -0.3 is 0 Å². The molecule has 0 unspecified atom stereocenters. The van der Waals surface area contributed by atoms with Gasteiger partial charge in [-0.25, -0.2) is 19.9 Å². The number of nitrogens with zero attached hydrogens (tertiary/aromatic N) is 4. The Labute approximate surface area is 333 Å². The predicted molar refractivity (Wildman–Crippen MR) is 238 cm³/mol. The van der Waals surface area contributed by atoms with Crippen molar-refractivity contribution >= 4 is 53.2 Å². The summed E-state index contributed by atoms with van der Waals surface area (Å²) >= 11 is 1.85. The fraction of sp³-hybridized carbons (Fsp3) is 0. The lowest BCUT2D eigenvalue weighted by atomic mass is 9.94. The second-order valence-electron chi connectivity index (χ2n) is 14.2. The third kappa shape index (κ3) is 5.93. The van der Waals surface area contributed by atoms with Crippen molar-refractivity contribution in [1.29, 1.82) is 0 Å². The number of hydrogen-bond donors (Lipinski definition) is 0. The Morgan fingerprint density at radius 3 is 1.54 bits per heavy atom. The number of pyridine rings is 1. The number of benzene rings is 8. The van der Waals surface area contributed by atoms with E-state index in [0.717, 1.165) is 60.9 Å². The normalized spacial score (nSPS) is 11.5. The van der Waals surface area contributed by atoms with Crippen molar-refractivity contribution in [2.24, 2.45) is 0 Å². The molecule has 0 amide bonds. The molecule has 11 aromatic rings. The highest BCUT2D eigenvalue weighted by Crippen LogP contribution is 2.44. The van der Waals surface area contributed by atoms with E-state index in [2.05, 4.69) is 158 Å². The molecule has 5 heteroatoms. The first kappa shape index (κ1) is 33.0. The molecule has 8 aromatic carbocycles. The lowest BCUT2D eigenvalue weighted by Crippen LogP contribution is -2.00. The lowest BCUT2D eigenvalue weighted by molar-refractivity contribution is 1.07. The van der Waals surface area contributed by atoms with Gasteiger partial charge >= 0.3 is 0 Å². The highest BCUT2D eigenvalue weighted by molar-refractivity contribution is 7.26. The van der Waals surface area contributed by atoms with Crippen molar-refractivity contribution in [2.75, 3.05) is 0 Å². The number of aromatic nitrogens is 4. The summed E-state index contributed by atoms with van der Waals surface area (Å²) in [5.74, 6) is 1.89. The molecule has 3 heterocycles. The third-order valence-corrected chi connectivity index (χ3v) is 11.9. The van der Waals surface area contributed by atoms with Crippen LogP contribution in [0.15, 0.2) is 194 Å². The molecule has 0 bridgehead atoms. The zero-order chi connectivity index (χ0) is 37.7. The van der Waals surface area contributed by atoms with Crippen LogP contribution in [0.25, 0.3) is 110 Å². The molecule has 0 atom stereocenters. The van der Waals surface area contributed by atoms with Gasteiger partial charge in [-0.05, 0) is 52.6 Å². The van der Waals surface area contributed by atoms with Gasteiger partial charge in [-0.3, -0.25) is 0 Å². The smallest absolute Gasteiger partial charge is 0.164 e. The standard InChI is InChI=1S/C52H32N4S/c1-4-13-33(14-5-1)34-23-25-37(26-24-34)51-54-50(36-17-8-3-9-18-36)55-52(56-51)40-20-12-19-38(31-40)39-27-29-44-43(32-39)47-42(49(53-44)35-15-6-2-7-16-35)28-30-46-48(47)41-21-10-11-22-45(41)57-46/h1-32H. The highest BCUT2D eigenvalue weighted by Gasteiger charge is 2.18. The molecular weight excluding hydrogens is 713 g/mol. The van der Waals surface area contributed by atoms with Crippen LogP contribution in [0.3, 0.4) is 0 Å². The van der Waals surface area contributed by atoms with E-state index in [-0.39, 0.29) is 0 Å². The molecule has 266 valence electrons. The van der Waals surface area contributed by atoms with Gasteiger partial charge in [0.1, 0.15) is 0 Å². The SMILES string of the molecule is c1ccc(-c2ccc(-c3nc(-c4ccccc4)nc(-c4cccc(-c5ccc6nc(-c7ccccc7)c7ccc8sc9ccccc9c8c7c6c5)c4)n3)cc2)cc1. The zero-order valence-electron chi connectivity index (χ0n) is 30.7. The van der Waals surface area contributed by atoms with E-state index in [4.69, 9.17) is 19.9 Å². The maximum absolute atomic E-state index is 5.32. The Kier molecular flexibility index (Phi) is 7.97. The first-order chi connectivity index (χ1) is 28.2. The van der Waals surface area contributed by atoms with Crippen molar-refractivity contribution in [3.8, 4) is 67.7 Å². The first-order valence-electron chi connectivity index (χ1n) is 19.0. The van der Waals surface area contributed by atoms with Crippen molar-refractivity contribution in [2.45, 2.75) is 0 Å². The predicted octanol–water partition coefficient (Wildman–Crippen LogP) is 13.9. The van der Waals surface area contributed by atoms with Gasteiger partial charge in [-0.1, -0.05) is 164 Å². The Morgan fingerprint density at radius 1 is 0.281 bits per heavy atom. The topological polar surface area (TPSA) is 51.6 Å². The number of rotatable bonds is 6. The molecule has 0 aliphatic carbocycles. The van der Waals surface area contributed by atoms with Gasteiger partial charge in [0, 0.05) is 58.6 Å². The van der Waals surface area contributed by atoms with E-state index in [0.29, 0.717) is 17.5 Å². The third-order valence-electron chi connectivity index (χ3n) is 10.7. The summed E-state index contributed by atoms with van der Waals surface area (Å²) in [6, 6.07) is 68.0. The Hall–Kier alpha value is -7.34. The van der Waals surface area contributed by atoms with Gasteiger partial charge in [0.2, 0.25) is 0 Å². The van der Waals surface area contributed by atoms with Gasteiger partial charge in [0.15, 0.2) is 17.5 Å². The summed E-state index contributed by atoms with van der Waals surface area (Å²) < 4.78 is 2.56. The summed E-state index contributed by atoms with van der Waals surface area (Å²) in [6.07, 6.45) is 0. The van der Waals surface area contributed by atoms with E-state index < -0.39 is 0 Å². The fourth-order valence-corrected chi connectivity index (χ4v) is 9.05. The molecule has 0 fully saturated rings. The van der Waals surface area contributed by atoms with Gasteiger partial charge in [-0.2, -0.15) is 0 Å². The molecule has 0 spiro atoms. The van der Waals surface area contributed by atoms with E-state index in [9.17, 15) is 0 Å². The first-order valence-corrected chi connectivity index (χ1v) is 19.9. The fourth-order valence-electron chi connectivity index (χ4n) is 7.93. The van der Waals surface area contributed by atoms with Crippen LogP contribution in [0.2, 0.25) is 0 Å². The van der Waals surface area contributed by atoms with E-state index in [1.54, 1.807) is 0 Å². The number of hydrogen-bond acceptors (Lipinski definition) is 5. The molecular formula is C52H32N4S. The molecule has 0 aliphatic heterocycles. The van der Waals surface area contributed by atoms with Crippen LogP contribution in [-0.2, 0) is 0 Å². The van der Waals surface area contributed by atoms with Crippen molar-refractivity contribution in [3.63, 3.8) is 0 Å². The largest absolute Gasteiger partial charge is 0.247 e. The second-order valence-corrected chi connectivity index (χ2v) is 15.3. The van der Waals surface area contributed by atoms with Crippen LogP contribution in [0.4, 0.5) is 0 Å². The van der Waals surface area contributed by atoms with Gasteiger partial charge in [0.05, 0.1) is 11.2 Å². The summed E-state index contributed by atoms with van der Waals surface area (Å²) in [5.41, 5.74) is 10.4. The summed E-state index contributed by atoms with van der Waals surface area (Å²) in [7, 11) is 0. The van der Waals surface area contributed by atoms with Crippen molar-refractivity contribution in [1.82, 2.24) is 19.9 Å². The molecule has 0 saturated heterocycles. The summed E-state index contributed by atoms with van der Waals surface area (Å²) in [6.45, 7) is 0. The van der Waals surface area contributed by atoms with E-state index in [1.807, 2.05) is 47.7 Å². The van der Waals surface area contributed by atoms with Crippen LogP contribution in [0.1, 0.15) is 0 Å². The van der Waals surface area contributed by atoms with E-state index >= 15 is 0 Å². The Morgan fingerprint density at radius 2 is 0.807 bits per heavy atom. The van der Waals surface area contributed by atoms with Gasteiger partial charge in [-0.15, -0.1) is 11.3 Å². The van der Waals surface area contributed by atoms with Crippen molar-refractivity contribution < 1.29 is 0 Å². The van der Waals surface area contributed by atoms with Crippen LogP contribution in [0, 0.1) is 0 Å². The quantitative estimate of drug-likeness (QED) is 0.159. The van der Waals surface area contributed by atoms with Crippen LogP contribution in [-0.4, -0.2) is 19.9 Å². The average molecular weight is 745 g/mol. The Balaban J connectivity index is 1.07.